The normalized spacial score (nSPS) is 56.4. The van der Waals surface area contributed by atoms with Gasteiger partial charge in [0.15, 0.2) is 0 Å². The fourth-order valence-electron chi connectivity index (χ4n) is 1.45. The van der Waals surface area contributed by atoms with E-state index in [9.17, 15) is 8.42 Å². The summed E-state index contributed by atoms with van der Waals surface area (Å²) < 4.78 is 21.3. The lowest BCUT2D eigenvalue weighted by Crippen LogP contribution is -2.59. The van der Waals surface area contributed by atoms with Gasteiger partial charge in [0.1, 0.15) is 0 Å². The van der Waals surface area contributed by atoms with Crippen LogP contribution in [0.25, 0.3) is 0 Å². The molecule has 9 heavy (non-hydrogen) atoms. The Morgan fingerprint density at radius 3 is 1.44 bits per heavy atom. The lowest BCUT2D eigenvalue weighted by molar-refractivity contribution is 0.416. The molecule has 1 spiro atoms. The van der Waals surface area contributed by atoms with Crippen LogP contribution in [0.3, 0.4) is 0 Å². The van der Waals surface area contributed by atoms with Crippen LogP contribution in [0.2, 0.25) is 0 Å². The van der Waals surface area contributed by atoms with Gasteiger partial charge in [-0.15, -0.1) is 0 Å². The van der Waals surface area contributed by atoms with Gasteiger partial charge >= 0.3 is 0 Å². The van der Waals surface area contributed by atoms with Gasteiger partial charge in [0.05, 0.1) is 0 Å². The zero-order valence-electron chi connectivity index (χ0n) is 4.96. The highest BCUT2D eigenvalue weighted by Gasteiger charge is 2.51. The Morgan fingerprint density at radius 1 is 0.889 bits per heavy atom. The molecule has 0 aromatic heterocycles. The molecule has 2 aliphatic rings. The Hall–Kier alpha value is 0.300. The zero-order chi connectivity index (χ0) is 6.48. The van der Waals surface area contributed by atoms with Crippen LogP contribution in [0.5, 0.6) is 0 Å². The number of rotatable bonds is 0. The molecule has 0 aliphatic carbocycles. The molecule has 2 rings (SSSR count). The van der Waals surface area contributed by atoms with E-state index in [0.29, 0.717) is 0 Å². The van der Waals surface area contributed by atoms with Crippen LogP contribution < -0.4 is 0 Å². The summed E-state index contributed by atoms with van der Waals surface area (Å²) in [4.78, 5) is 0. The predicted octanol–water partition coefficient (Wildman–Crippen LogP) is -0.503. The molecule has 2 fully saturated rings. The van der Waals surface area contributed by atoms with Gasteiger partial charge < -0.3 is 0 Å². The van der Waals surface area contributed by atoms with E-state index in [1.807, 2.05) is 0 Å². The third-order valence-corrected chi connectivity index (χ3v) is 5.61. The molecule has 0 aromatic rings. The van der Waals surface area contributed by atoms with Crippen molar-refractivity contribution < 1.29 is 8.42 Å². The Balaban J connectivity index is 2.01. The topological polar surface area (TPSA) is 34.1 Å². The Kier molecular flexibility index (Phi) is 1.12. The maximum absolute atomic E-state index is 10.6. The molecule has 0 atom stereocenters. The second-order valence-corrected chi connectivity index (χ2v) is 5.87. The molecule has 2 heterocycles. The van der Waals surface area contributed by atoms with Crippen LogP contribution >= 0.6 is 0 Å². The third kappa shape index (κ3) is 0.799. The van der Waals surface area contributed by atoms with Crippen LogP contribution in [0, 0.1) is 5.41 Å². The summed E-state index contributed by atoms with van der Waals surface area (Å²) in [5.41, 5.74) is 0.287. The van der Waals surface area contributed by atoms with Crippen LogP contribution in [0.1, 0.15) is 0 Å². The summed E-state index contributed by atoms with van der Waals surface area (Å²) >= 11 is 0. The van der Waals surface area contributed by atoms with E-state index in [2.05, 4.69) is 0 Å². The van der Waals surface area contributed by atoms with Gasteiger partial charge in [-0.05, 0) is 0 Å². The third-order valence-electron chi connectivity index (χ3n) is 1.87. The first-order valence-corrected chi connectivity index (χ1v) is 5.88. The summed E-state index contributed by atoms with van der Waals surface area (Å²) in [6.07, 6.45) is 0. The Labute approximate surface area is 58.9 Å². The predicted molar refractivity (Wildman–Crippen MR) is 38.2 cm³/mol. The first-order chi connectivity index (χ1) is 4.20. The van der Waals surface area contributed by atoms with Crippen molar-refractivity contribution in [2.45, 2.75) is 0 Å². The SMILES string of the molecule is O=S1CC2(C1)CS(=O)C2. The molecular weight excluding hydrogens is 156 g/mol. The summed E-state index contributed by atoms with van der Waals surface area (Å²) in [5, 5.41) is 0. The van der Waals surface area contributed by atoms with E-state index in [1.54, 1.807) is 0 Å². The smallest absolute Gasteiger partial charge is 0.0318 e. The fourth-order valence-corrected chi connectivity index (χ4v) is 5.34. The number of hydrogen-bond acceptors (Lipinski definition) is 2. The minimum Gasteiger partial charge on any atom is -0.260 e. The van der Waals surface area contributed by atoms with Crippen molar-refractivity contribution >= 4 is 21.6 Å². The summed E-state index contributed by atoms with van der Waals surface area (Å²) in [6, 6.07) is 0. The van der Waals surface area contributed by atoms with Crippen molar-refractivity contribution in [1.82, 2.24) is 0 Å². The highest BCUT2D eigenvalue weighted by molar-refractivity contribution is 7.89. The molecule has 52 valence electrons. The summed E-state index contributed by atoms with van der Waals surface area (Å²) in [7, 11) is -1.12. The van der Waals surface area contributed by atoms with Gasteiger partial charge in [0.25, 0.3) is 0 Å². The lowest BCUT2D eigenvalue weighted by atomic mass is 9.97. The van der Waals surface area contributed by atoms with Crippen LogP contribution in [0.15, 0.2) is 0 Å². The minimum atomic E-state index is -0.559. The molecule has 0 bridgehead atoms. The van der Waals surface area contributed by atoms with Crippen molar-refractivity contribution in [1.29, 1.82) is 0 Å². The van der Waals surface area contributed by atoms with Crippen molar-refractivity contribution in [2.75, 3.05) is 23.0 Å². The highest BCUT2D eigenvalue weighted by atomic mass is 32.2. The minimum absolute atomic E-state index is 0.287. The van der Waals surface area contributed by atoms with E-state index in [1.165, 1.54) is 0 Å². The molecule has 0 radical (unpaired) electrons. The summed E-state index contributed by atoms with van der Waals surface area (Å²) in [5.74, 6) is 3.27. The van der Waals surface area contributed by atoms with Crippen LogP contribution in [-0.4, -0.2) is 31.4 Å². The first-order valence-electron chi connectivity index (χ1n) is 2.90. The molecule has 2 aliphatic heterocycles. The molecule has 4 heteroatoms. The maximum atomic E-state index is 10.6. The largest absolute Gasteiger partial charge is 0.260 e. The van der Waals surface area contributed by atoms with Crippen LogP contribution in [0.4, 0.5) is 0 Å². The monoisotopic (exact) mass is 164 g/mol. The van der Waals surface area contributed by atoms with Gasteiger partial charge in [-0.1, -0.05) is 0 Å². The molecule has 0 saturated carbocycles. The van der Waals surface area contributed by atoms with Crippen molar-refractivity contribution in [3.8, 4) is 0 Å². The standard InChI is InChI=1S/C5H8O2S2/c6-8-1-5(2-8)3-9(7)4-5/h1-4H2. The highest BCUT2D eigenvalue weighted by Crippen LogP contribution is 2.39. The molecule has 2 nitrogen and oxygen atoms in total. The lowest BCUT2D eigenvalue weighted by Gasteiger charge is -2.46. The summed E-state index contributed by atoms with van der Waals surface area (Å²) in [6.45, 7) is 0. The van der Waals surface area contributed by atoms with Crippen molar-refractivity contribution in [2.24, 2.45) is 5.41 Å². The van der Waals surface area contributed by atoms with E-state index in [4.69, 9.17) is 0 Å². The molecule has 0 aromatic carbocycles. The zero-order valence-corrected chi connectivity index (χ0v) is 6.59. The fraction of sp³-hybridized carbons (Fsp3) is 1.00. The van der Waals surface area contributed by atoms with Crippen molar-refractivity contribution in [3.63, 3.8) is 0 Å². The van der Waals surface area contributed by atoms with Gasteiger partial charge in [0, 0.05) is 50.0 Å². The second-order valence-electron chi connectivity index (χ2n) is 2.96. The van der Waals surface area contributed by atoms with Gasteiger partial charge in [-0.3, -0.25) is 8.42 Å². The quantitative estimate of drug-likeness (QED) is 0.483. The van der Waals surface area contributed by atoms with Crippen molar-refractivity contribution in [3.05, 3.63) is 0 Å². The average Bonchev–Trinajstić information content (AvgIpc) is 1.58. The second kappa shape index (κ2) is 1.66. The molecule has 0 unspecified atom stereocenters. The van der Waals surface area contributed by atoms with E-state index in [0.717, 1.165) is 23.0 Å². The molecule has 0 N–H and O–H groups in total. The van der Waals surface area contributed by atoms with Gasteiger partial charge in [0.2, 0.25) is 0 Å². The van der Waals surface area contributed by atoms with Gasteiger partial charge in [-0.2, -0.15) is 0 Å². The van der Waals surface area contributed by atoms with Crippen LogP contribution in [-0.2, 0) is 21.6 Å². The van der Waals surface area contributed by atoms with Gasteiger partial charge in [-0.25, -0.2) is 0 Å². The van der Waals surface area contributed by atoms with E-state index >= 15 is 0 Å². The maximum Gasteiger partial charge on any atom is 0.0318 e. The average molecular weight is 164 g/mol. The van der Waals surface area contributed by atoms with E-state index in [-0.39, 0.29) is 5.41 Å². The number of hydrogen-bond donors (Lipinski definition) is 0. The Bertz CT molecular complexity index is 158. The molecular formula is C5H8O2S2. The molecule has 0 amide bonds. The molecule has 2 saturated heterocycles. The van der Waals surface area contributed by atoms with E-state index < -0.39 is 21.6 Å². The first kappa shape index (κ1) is 6.04. The Morgan fingerprint density at radius 2 is 1.22 bits per heavy atom.